The molecule has 0 saturated heterocycles. The van der Waals surface area contributed by atoms with E-state index in [1.807, 2.05) is 12.1 Å². The Hall–Kier alpha value is -2.81. The van der Waals surface area contributed by atoms with E-state index in [-0.39, 0.29) is 5.91 Å². The number of amides is 1. The van der Waals surface area contributed by atoms with E-state index in [0.29, 0.717) is 33.4 Å². The van der Waals surface area contributed by atoms with Gasteiger partial charge in [-0.3, -0.25) is 9.48 Å². The average molecular weight is 371 g/mol. The standard InChI is InChI=1S/C18H12Cl2N4O/c19-15-5-4-14(17(20)7-15)10-24-11-16(9-22-24)23-18(25)13-3-1-2-12(6-13)8-21/h1-7,9,11H,10H2,(H,23,25). The number of halogens is 2. The van der Waals surface area contributed by atoms with Crippen LogP contribution in [0.15, 0.2) is 54.9 Å². The summed E-state index contributed by atoms with van der Waals surface area (Å²) in [6.45, 7) is 0.454. The highest BCUT2D eigenvalue weighted by molar-refractivity contribution is 6.35. The molecule has 0 bridgehead atoms. The van der Waals surface area contributed by atoms with E-state index in [0.717, 1.165) is 5.56 Å². The second kappa shape index (κ2) is 7.39. The van der Waals surface area contributed by atoms with Gasteiger partial charge in [0.25, 0.3) is 5.91 Å². The lowest BCUT2D eigenvalue weighted by molar-refractivity contribution is 0.102. The van der Waals surface area contributed by atoms with Crippen molar-refractivity contribution in [1.29, 1.82) is 5.26 Å². The molecule has 0 unspecified atom stereocenters. The van der Waals surface area contributed by atoms with Crippen LogP contribution >= 0.6 is 23.2 Å². The zero-order chi connectivity index (χ0) is 17.8. The van der Waals surface area contributed by atoms with Crippen molar-refractivity contribution in [2.45, 2.75) is 6.54 Å². The van der Waals surface area contributed by atoms with Crippen molar-refractivity contribution in [3.05, 3.63) is 81.6 Å². The first kappa shape index (κ1) is 17.0. The molecule has 0 spiro atoms. The SMILES string of the molecule is N#Cc1cccc(C(=O)Nc2cnn(Cc3ccc(Cl)cc3Cl)c2)c1. The van der Waals surface area contributed by atoms with Gasteiger partial charge in [0.15, 0.2) is 0 Å². The Kier molecular flexibility index (Phi) is 5.03. The Bertz CT molecular complexity index is 975. The minimum absolute atomic E-state index is 0.304. The number of hydrogen-bond donors (Lipinski definition) is 1. The van der Waals surface area contributed by atoms with E-state index in [2.05, 4.69) is 10.4 Å². The molecule has 1 aromatic heterocycles. The zero-order valence-electron chi connectivity index (χ0n) is 12.9. The maximum absolute atomic E-state index is 12.2. The van der Waals surface area contributed by atoms with Crippen molar-refractivity contribution in [3.63, 3.8) is 0 Å². The maximum Gasteiger partial charge on any atom is 0.255 e. The number of nitriles is 1. The van der Waals surface area contributed by atoms with Crippen molar-refractivity contribution in [2.75, 3.05) is 5.32 Å². The minimum atomic E-state index is -0.304. The summed E-state index contributed by atoms with van der Waals surface area (Å²) in [6, 6.07) is 13.8. The first-order valence-corrected chi connectivity index (χ1v) is 8.08. The van der Waals surface area contributed by atoms with Crippen LogP contribution in [0.5, 0.6) is 0 Å². The van der Waals surface area contributed by atoms with Crippen molar-refractivity contribution < 1.29 is 4.79 Å². The lowest BCUT2D eigenvalue weighted by atomic mass is 10.1. The van der Waals surface area contributed by atoms with Crippen LogP contribution in [0.2, 0.25) is 10.0 Å². The number of nitrogens with zero attached hydrogens (tertiary/aromatic N) is 3. The van der Waals surface area contributed by atoms with Crippen molar-refractivity contribution in [2.24, 2.45) is 0 Å². The molecule has 1 amide bonds. The van der Waals surface area contributed by atoms with Crippen molar-refractivity contribution >= 4 is 34.8 Å². The highest BCUT2D eigenvalue weighted by Crippen LogP contribution is 2.22. The predicted molar refractivity (Wildman–Crippen MR) is 96.9 cm³/mol. The first-order chi connectivity index (χ1) is 12.0. The van der Waals surface area contributed by atoms with Crippen molar-refractivity contribution in [1.82, 2.24) is 9.78 Å². The summed E-state index contributed by atoms with van der Waals surface area (Å²) in [5.74, 6) is -0.304. The molecule has 0 aliphatic heterocycles. The molecule has 5 nitrogen and oxygen atoms in total. The predicted octanol–water partition coefficient (Wildman–Crippen LogP) is 4.36. The van der Waals surface area contributed by atoms with Gasteiger partial charge in [-0.2, -0.15) is 10.4 Å². The molecule has 25 heavy (non-hydrogen) atoms. The number of carbonyl (C=O) groups is 1. The Labute approximate surface area is 154 Å². The summed E-state index contributed by atoms with van der Waals surface area (Å²) in [6.07, 6.45) is 3.26. The van der Waals surface area contributed by atoms with Gasteiger partial charge in [-0.05, 0) is 35.9 Å². The van der Waals surface area contributed by atoms with Gasteiger partial charge in [-0.1, -0.05) is 35.3 Å². The highest BCUT2D eigenvalue weighted by atomic mass is 35.5. The van der Waals surface area contributed by atoms with Gasteiger partial charge in [0, 0.05) is 21.8 Å². The molecule has 3 rings (SSSR count). The van der Waals surface area contributed by atoms with Gasteiger partial charge >= 0.3 is 0 Å². The topological polar surface area (TPSA) is 70.7 Å². The molecule has 0 radical (unpaired) electrons. The quantitative estimate of drug-likeness (QED) is 0.741. The largest absolute Gasteiger partial charge is 0.319 e. The van der Waals surface area contributed by atoms with Gasteiger partial charge in [0.05, 0.1) is 30.1 Å². The second-order valence-corrected chi connectivity index (χ2v) is 6.15. The van der Waals surface area contributed by atoms with E-state index in [4.69, 9.17) is 28.5 Å². The third kappa shape index (κ3) is 4.18. The fourth-order valence-electron chi connectivity index (χ4n) is 2.27. The zero-order valence-corrected chi connectivity index (χ0v) is 14.4. The highest BCUT2D eigenvalue weighted by Gasteiger charge is 2.09. The Morgan fingerprint density at radius 3 is 2.84 bits per heavy atom. The third-order valence-corrected chi connectivity index (χ3v) is 4.08. The maximum atomic E-state index is 12.2. The summed E-state index contributed by atoms with van der Waals surface area (Å²) >= 11 is 12.0. The van der Waals surface area contributed by atoms with Crippen LogP contribution in [0.1, 0.15) is 21.5 Å². The van der Waals surface area contributed by atoms with Crippen LogP contribution < -0.4 is 5.32 Å². The number of benzene rings is 2. The summed E-state index contributed by atoms with van der Waals surface area (Å²) in [4.78, 5) is 12.2. The molecule has 124 valence electrons. The number of anilines is 1. The van der Waals surface area contributed by atoms with Crippen molar-refractivity contribution in [3.8, 4) is 6.07 Å². The smallest absolute Gasteiger partial charge is 0.255 e. The Morgan fingerprint density at radius 1 is 1.24 bits per heavy atom. The van der Waals surface area contributed by atoms with Crippen LogP contribution in [0.3, 0.4) is 0 Å². The van der Waals surface area contributed by atoms with Gasteiger partial charge in [0.1, 0.15) is 0 Å². The third-order valence-electron chi connectivity index (χ3n) is 3.49. The first-order valence-electron chi connectivity index (χ1n) is 7.33. The van der Waals surface area contributed by atoms with Crippen LogP contribution in [-0.2, 0) is 6.54 Å². The normalized spacial score (nSPS) is 10.3. The number of carbonyl (C=O) groups excluding carboxylic acids is 1. The molecule has 0 aliphatic carbocycles. The fourth-order valence-corrected chi connectivity index (χ4v) is 2.74. The van der Waals surface area contributed by atoms with Crippen LogP contribution in [0.25, 0.3) is 0 Å². The number of hydrogen-bond acceptors (Lipinski definition) is 3. The number of nitrogens with one attached hydrogen (secondary N) is 1. The molecule has 0 fully saturated rings. The van der Waals surface area contributed by atoms with Crippen LogP contribution in [0.4, 0.5) is 5.69 Å². The van der Waals surface area contributed by atoms with Gasteiger partial charge < -0.3 is 5.32 Å². The average Bonchev–Trinajstić information content (AvgIpc) is 3.04. The molecular formula is C18H12Cl2N4O. The molecule has 1 N–H and O–H groups in total. The van der Waals surface area contributed by atoms with E-state index in [1.54, 1.807) is 47.4 Å². The number of aromatic nitrogens is 2. The molecule has 3 aromatic rings. The van der Waals surface area contributed by atoms with E-state index in [1.165, 1.54) is 6.07 Å². The summed E-state index contributed by atoms with van der Waals surface area (Å²) in [5.41, 5.74) is 2.26. The lowest BCUT2D eigenvalue weighted by Gasteiger charge is -2.05. The number of rotatable bonds is 4. The summed E-state index contributed by atoms with van der Waals surface area (Å²) < 4.78 is 1.66. The monoisotopic (exact) mass is 370 g/mol. The van der Waals surface area contributed by atoms with Gasteiger partial charge in [0.2, 0.25) is 0 Å². The summed E-state index contributed by atoms with van der Waals surface area (Å²) in [5, 5.41) is 17.0. The molecule has 0 atom stereocenters. The molecule has 1 heterocycles. The Balaban J connectivity index is 1.71. The molecule has 0 aliphatic rings. The molecule has 7 heteroatoms. The molecule has 2 aromatic carbocycles. The van der Waals surface area contributed by atoms with E-state index >= 15 is 0 Å². The van der Waals surface area contributed by atoms with Crippen LogP contribution in [-0.4, -0.2) is 15.7 Å². The summed E-state index contributed by atoms with van der Waals surface area (Å²) in [7, 11) is 0. The van der Waals surface area contributed by atoms with Gasteiger partial charge in [-0.25, -0.2) is 0 Å². The lowest BCUT2D eigenvalue weighted by Crippen LogP contribution is -2.11. The van der Waals surface area contributed by atoms with E-state index in [9.17, 15) is 4.79 Å². The fraction of sp³-hybridized carbons (Fsp3) is 0.0556. The second-order valence-electron chi connectivity index (χ2n) is 5.31. The minimum Gasteiger partial charge on any atom is -0.319 e. The van der Waals surface area contributed by atoms with Crippen LogP contribution in [0, 0.1) is 11.3 Å². The van der Waals surface area contributed by atoms with E-state index < -0.39 is 0 Å². The molecular weight excluding hydrogens is 359 g/mol. The molecule has 0 saturated carbocycles. The Morgan fingerprint density at radius 2 is 2.08 bits per heavy atom. The van der Waals surface area contributed by atoms with Gasteiger partial charge in [-0.15, -0.1) is 0 Å².